The summed E-state index contributed by atoms with van der Waals surface area (Å²) in [6, 6.07) is 7.58. The Hall–Kier alpha value is -1.30. The van der Waals surface area contributed by atoms with Gasteiger partial charge in [-0.15, -0.1) is 0 Å². The van der Waals surface area contributed by atoms with Gasteiger partial charge in [-0.1, -0.05) is 24.8 Å². The predicted molar refractivity (Wildman–Crippen MR) is 53.4 cm³/mol. The van der Waals surface area contributed by atoms with Crippen molar-refractivity contribution in [2.45, 2.75) is 0 Å². The quantitative estimate of drug-likeness (QED) is 0.358. The summed E-state index contributed by atoms with van der Waals surface area (Å²) in [6.07, 6.45) is 1.79. The first-order chi connectivity index (χ1) is 6.06. The van der Waals surface area contributed by atoms with Crippen LogP contribution in [0.15, 0.2) is 30.8 Å². The lowest BCUT2D eigenvalue weighted by Gasteiger charge is -1.91. The van der Waals surface area contributed by atoms with E-state index in [1.807, 2.05) is 24.3 Å². The van der Waals surface area contributed by atoms with E-state index >= 15 is 0 Å². The van der Waals surface area contributed by atoms with Gasteiger partial charge in [0, 0.05) is 5.69 Å². The van der Waals surface area contributed by atoms with Gasteiger partial charge in [-0.05, 0) is 17.7 Å². The van der Waals surface area contributed by atoms with Gasteiger partial charge in [0.2, 0.25) is 0 Å². The molecule has 1 rings (SSSR count). The van der Waals surface area contributed by atoms with Crippen molar-refractivity contribution in [2.24, 2.45) is 0 Å². The summed E-state index contributed by atoms with van der Waals surface area (Å²) in [5.74, 6) is 0. The molecule has 5 heteroatoms. The summed E-state index contributed by atoms with van der Waals surface area (Å²) in [7, 11) is -2.17. The number of nitrogen functional groups attached to an aromatic ring is 1. The Morgan fingerprint density at radius 1 is 1.15 bits per heavy atom. The Labute approximate surface area is 77.1 Å². The van der Waals surface area contributed by atoms with E-state index in [0.717, 1.165) is 11.3 Å². The van der Waals surface area contributed by atoms with E-state index in [9.17, 15) is 0 Å². The second-order valence-corrected chi connectivity index (χ2v) is 2.22. The second kappa shape index (κ2) is 6.25. The third kappa shape index (κ3) is 7.08. The fraction of sp³-hybridized carbons (Fsp3) is 0. The molecule has 0 spiro atoms. The predicted octanol–water partition coefficient (Wildman–Crippen LogP) is -0.140. The normalized spacial score (nSPS) is 8.23. The maximum Gasteiger partial charge on any atom is 0.631 e. The molecule has 0 unspecified atom stereocenters. The molecule has 1 aromatic carbocycles. The van der Waals surface area contributed by atoms with Crippen LogP contribution in [0.4, 0.5) is 5.69 Å². The van der Waals surface area contributed by atoms with Gasteiger partial charge in [0.15, 0.2) is 0 Å². The summed E-state index contributed by atoms with van der Waals surface area (Å²) in [4.78, 5) is 0. The molecule has 5 N–H and O–H groups in total. The zero-order chi connectivity index (χ0) is 10.3. The number of benzene rings is 1. The Bertz CT molecular complexity index is 245. The number of nitrogens with two attached hydrogens (primary N) is 1. The molecule has 13 heavy (non-hydrogen) atoms. The van der Waals surface area contributed by atoms with Gasteiger partial charge in [-0.3, -0.25) is 0 Å². The average Bonchev–Trinajstić information content (AvgIpc) is 2.05. The molecule has 0 saturated heterocycles. The Morgan fingerprint density at radius 3 is 1.85 bits per heavy atom. The monoisotopic (exact) mass is 181 g/mol. The van der Waals surface area contributed by atoms with Crippen LogP contribution in [-0.2, 0) is 0 Å². The molecule has 0 bridgehead atoms. The number of hydrogen-bond donors (Lipinski definition) is 4. The average molecular weight is 181 g/mol. The van der Waals surface area contributed by atoms with Gasteiger partial charge >= 0.3 is 7.32 Å². The maximum atomic E-state index is 7.17. The lowest BCUT2D eigenvalue weighted by atomic mass is 10.2. The van der Waals surface area contributed by atoms with Crippen LogP contribution >= 0.6 is 0 Å². The van der Waals surface area contributed by atoms with Gasteiger partial charge in [0.25, 0.3) is 0 Å². The highest BCUT2D eigenvalue weighted by Crippen LogP contribution is 2.05. The van der Waals surface area contributed by atoms with Crippen molar-refractivity contribution in [3.8, 4) is 0 Å². The maximum absolute atomic E-state index is 7.17. The second-order valence-electron chi connectivity index (χ2n) is 2.22. The molecule has 0 fully saturated rings. The van der Waals surface area contributed by atoms with Crippen LogP contribution in [0.25, 0.3) is 6.08 Å². The Balaban J connectivity index is 0.000000310. The van der Waals surface area contributed by atoms with E-state index in [1.54, 1.807) is 6.08 Å². The van der Waals surface area contributed by atoms with Crippen LogP contribution in [0.3, 0.4) is 0 Å². The van der Waals surface area contributed by atoms with Crippen LogP contribution in [0.5, 0.6) is 0 Å². The lowest BCUT2D eigenvalue weighted by Crippen LogP contribution is -2.07. The highest BCUT2D eigenvalue weighted by atomic mass is 16.5. The van der Waals surface area contributed by atoms with E-state index in [0.29, 0.717) is 0 Å². The van der Waals surface area contributed by atoms with Crippen LogP contribution in [-0.4, -0.2) is 22.4 Å². The smallest absolute Gasteiger partial charge is 0.402 e. The van der Waals surface area contributed by atoms with Gasteiger partial charge in [-0.2, -0.15) is 0 Å². The molecule has 0 aromatic heterocycles. The topological polar surface area (TPSA) is 86.7 Å². The minimum absolute atomic E-state index is 0.792. The first-order valence-corrected chi connectivity index (χ1v) is 3.58. The zero-order valence-electron chi connectivity index (χ0n) is 7.09. The third-order valence-corrected chi connectivity index (χ3v) is 1.17. The van der Waals surface area contributed by atoms with E-state index in [2.05, 4.69) is 6.58 Å². The third-order valence-electron chi connectivity index (χ3n) is 1.17. The van der Waals surface area contributed by atoms with Crippen LogP contribution in [0, 0.1) is 0 Å². The van der Waals surface area contributed by atoms with E-state index in [-0.39, 0.29) is 0 Å². The van der Waals surface area contributed by atoms with E-state index in [1.165, 1.54) is 0 Å². The summed E-state index contributed by atoms with van der Waals surface area (Å²) in [6.45, 7) is 3.62. The van der Waals surface area contributed by atoms with Crippen molar-refractivity contribution in [3.05, 3.63) is 36.4 Å². The van der Waals surface area contributed by atoms with Gasteiger partial charge < -0.3 is 20.8 Å². The molecule has 0 saturated carbocycles. The molecule has 0 aliphatic heterocycles. The first-order valence-electron chi connectivity index (χ1n) is 3.58. The van der Waals surface area contributed by atoms with E-state index < -0.39 is 7.32 Å². The minimum atomic E-state index is -2.17. The van der Waals surface area contributed by atoms with Crippen molar-refractivity contribution in [1.29, 1.82) is 0 Å². The molecule has 0 atom stereocenters. The summed E-state index contributed by atoms with van der Waals surface area (Å²) >= 11 is 0. The molecule has 0 aliphatic rings. The van der Waals surface area contributed by atoms with Crippen molar-refractivity contribution in [1.82, 2.24) is 0 Å². The Morgan fingerprint density at radius 2 is 1.54 bits per heavy atom. The van der Waals surface area contributed by atoms with Crippen molar-refractivity contribution in [2.75, 3.05) is 5.73 Å². The van der Waals surface area contributed by atoms with Crippen molar-refractivity contribution >= 4 is 19.1 Å². The SMILES string of the molecule is C=Cc1ccc(N)cc1.OB(O)O. The van der Waals surface area contributed by atoms with Crippen molar-refractivity contribution in [3.63, 3.8) is 0 Å². The van der Waals surface area contributed by atoms with Gasteiger partial charge in [0.05, 0.1) is 0 Å². The molecule has 0 amide bonds. The summed E-state index contributed by atoms with van der Waals surface area (Å²) in [5, 5.41) is 21.5. The highest BCUT2D eigenvalue weighted by Gasteiger charge is 1.92. The van der Waals surface area contributed by atoms with Gasteiger partial charge in [0.1, 0.15) is 0 Å². The van der Waals surface area contributed by atoms with Crippen LogP contribution in [0.1, 0.15) is 5.56 Å². The Kier molecular flexibility index (Phi) is 5.62. The van der Waals surface area contributed by atoms with Crippen LogP contribution < -0.4 is 5.73 Å². The summed E-state index contributed by atoms with van der Waals surface area (Å²) < 4.78 is 0. The molecule has 1 aromatic rings. The van der Waals surface area contributed by atoms with Gasteiger partial charge in [-0.25, -0.2) is 0 Å². The first kappa shape index (κ1) is 11.7. The standard InChI is InChI=1S/C8H9N.BH3O3/c1-2-7-3-5-8(9)6-4-7;2-1(3)4/h2-6H,1,9H2;2-4H. The molecule has 0 heterocycles. The molecule has 70 valence electrons. The molecular weight excluding hydrogens is 169 g/mol. The largest absolute Gasteiger partial charge is 0.631 e. The molecule has 0 aliphatic carbocycles. The number of hydrogen-bond acceptors (Lipinski definition) is 4. The minimum Gasteiger partial charge on any atom is -0.402 e. The zero-order valence-corrected chi connectivity index (χ0v) is 7.09. The molecule has 0 radical (unpaired) electrons. The number of anilines is 1. The highest BCUT2D eigenvalue weighted by molar-refractivity contribution is 6.30. The van der Waals surface area contributed by atoms with Crippen molar-refractivity contribution < 1.29 is 15.1 Å². The van der Waals surface area contributed by atoms with E-state index in [4.69, 9.17) is 20.8 Å². The van der Waals surface area contributed by atoms with Crippen LogP contribution in [0.2, 0.25) is 0 Å². The fourth-order valence-corrected chi connectivity index (χ4v) is 0.632. The number of rotatable bonds is 1. The fourth-order valence-electron chi connectivity index (χ4n) is 0.632. The summed E-state index contributed by atoms with van der Waals surface area (Å²) in [5.41, 5.74) is 7.34. The molecule has 4 nitrogen and oxygen atoms in total. The molecular formula is C8H12BNO3. The lowest BCUT2D eigenvalue weighted by molar-refractivity contribution is 0.278.